The molecule has 4 heteroatoms. The minimum atomic E-state index is -0.510. The Labute approximate surface area is 73.7 Å². The van der Waals surface area contributed by atoms with Crippen LogP contribution in [-0.2, 0) is 0 Å². The summed E-state index contributed by atoms with van der Waals surface area (Å²) in [5.74, 6) is 0. The zero-order valence-corrected chi connectivity index (χ0v) is 8.27. The van der Waals surface area contributed by atoms with Gasteiger partial charge in [0, 0.05) is 11.1 Å². The zero-order valence-electron chi connectivity index (χ0n) is 8.27. The Kier molecular flexibility index (Phi) is 3.10. The minimum absolute atomic E-state index is 0.300. The molecule has 0 aliphatic rings. The van der Waals surface area contributed by atoms with Crippen molar-refractivity contribution in [3.05, 3.63) is 0 Å². The molecule has 0 aromatic heterocycles. The molecule has 4 nitrogen and oxygen atoms in total. The molecule has 0 bridgehead atoms. The van der Waals surface area contributed by atoms with Crippen LogP contribution in [0.1, 0.15) is 34.1 Å². The summed E-state index contributed by atoms with van der Waals surface area (Å²) in [4.78, 5) is 10.6. The van der Waals surface area contributed by atoms with Gasteiger partial charge < -0.3 is 16.8 Å². The molecule has 0 unspecified atom stereocenters. The van der Waals surface area contributed by atoms with E-state index in [0.717, 1.165) is 0 Å². The van der Waals surface area contributed by atoms with Crippen molar-refractivity contribution in [1.82, 2.24) is 5.32 Å². The Morgan fingerprint density at radius 2 is 1.75 bits per heavy atom. The summed E-state index contributed by atoms with van der Waals surface area (Å²) >= 11 is 0. The first-order chi connectivity index (χ1) is 5.12. The number of nitrogens with two attached hydrogens (primary N) is 2. The quantitative estimate of drug-likeness (QED) is 0.583. The summed E-state index contributed by atoms with van der Waals surface area (Å²) in [5, 5.41) is 2.63. The summed E-state index contributed by atoms with van der Waals surface area (Å²) < 4.78 is 0. The van der Waals surface area contributed by atoms with Crippen LogP contribution in [0, 0.1) is 0 Å². The monoisotopic (exact) mass is 173 g/mol. The lowest BCUT2D eigenvalue weighted by atomic mass is 9.88. The van der Waals surface area contributed by atoms with Crippen LogP contribution in [0.3, 0.4) is 0 Å². The molecule has 0 radical (unpaired) electrons. The maximum Gasteiger partial charge on any atom is 0.312 e. The average molecular weight is 173 g/mol. The number of nitrogens with one attached hydrogen (secondary N) is 1. The largest absolute Gasteiger partial charge is 0.352 e. The molecule has 0 rings (SSSR count). The number of rotatable bonds is 3. The Hall–Kier alpha value is -0.770. The first-order valence-electron chi connectivity index (χ1n) is 3.99. The number of hydrogen-bond donors (Lipinski definition) is 3. The topological polar surface area (TPSA) is 81.1 Å². The molecule has 0 aromatic carbocycles. The van der Waals surface area contributed by atoms with Gasteiger partial charge in [-0.1, -0.05) is 0 Å². The molecule has 72 valence electrons. The highest BCUT2D eigenvalue weighted by atomic mass is 16.2. The first-order valence-corrected chi connectivity index (χ1v) is 3.99. The second kappa shape index (κ2) is 3.31. The van der Waals surface area contributed by atoms with Gasteiger partial charge in [0.15, 0.2) is 0 Å². The van der Waals surface area contributed by atoms with E-state index in [0.29, 0.717) is 6.42 Å². The van der Waals surface area contributed by atoms with Gasteiger partial charge in [-0.15, -0.1) is 0 Å². The van der Waals surface area contributed by atoms with Crippen molar-refractivity contribution in [3.63, 3.8) is 0 Å². The lowest BCUT2D eigenvalue weighted by molar-refractivity contribution is 0.229. The van der Waals surface area contributed by atoms with E-state index in [2.05, 4.69) is 5.32 Å². The van der Waals surface area contributed by atoms with Gasteiger partial charge in [0.2, 0.25) is 0 Å². The molecule has 0 aromatic rings. The number of primary amides is 1. The van der Waals surface area contributed by atoms with Crippen LogP contribution in [-0.4, -0.2) is 17.1 Å². The molecule has 0 fully saturated rings. The molecule has 12 heavy (non-hydrogen) atoms. The SMILES string of the molecule is CC(C)(N)CC(C)(C)NC(N)=O. The molecule has 0 saturated heterocycles. The smallest absolute Gasteiger partial charge is 0.312 e. The molecular weight excluding hydrogens is 154 g/mol. The fourth-order valence-electron chi connectivity index (χ4n) is 1.52. The number of urea groups is 1. The summed E-state index contributed by atoms with van der Waals surface area (Å²) in [7, 11) is 0. The molecular formula is C8H19N3O. The lowest BCUT2D eigenvalue weighted by Gasteiger charge is -2.32. The second-order valence-corrected chi connectivity index (χ2v) is 4.54. The van der Waals surface area contributed by atoms with E-state index >= 15 is 0 Å². The van der Waals surface area contributed by atoms with Crippen molar-refractivity contribution in [2.75, 3.05) is 0 Å². The molecule has 0 saturated carbocycles. The molecule has 0 atom stereocenters. The van der Waals surface area contributed by atoms with E-state index in [9.17, 15) is 4.79 Å². The zero-order chi connectivity index (χ0) is 9.99. The molecule has 5 N–H and O–H groups in total. The number of amides is 2. The van der Waals surface area contributed by atoms with Crippen molar-refractivity contribution < 1.29 is 4.79 Å². The maximum absolute atomic E-state index is 10.6. The van der Waals surface area contributed by atoms with Gasteiger partial charge in [-0.2, -0.15) is 0 Å². The van der Waals surface area contributed by atoms with Gasteiger partial charge in [-0.05, 0) is 34.1 Å². The molecule has 0 spiro atoms. The third kappa shape index (κ3) is 5.97. The number of hydrogen-bond acceptors (Lipinski definition) is 2. The highest BCUT2D eigenvalue weighted by Gasteiger charge is 2.26. The van der Waals surface area contributed by atoms with E-state index in [1.165, 1.54) is 0 Å². The van der Waals surface area contributed by atoms with Crippen LogP contribution in [0.4, 0.5) is 4.79 Å². The second-order valence-electron chi connectivity index (χ2n) is 4.54. The van der Waals surface area contributed by atoms with Crippen LogP contribution in [0.25, 0.3) is 0 Å². The third-order valence-electron chi connectivity index (χ3n) is 1.36. The Morgan fingerprint density at radius 3 is 2.00 bits per heavy atom. The van der Waals surface area contributed by atoms with Crippen molar-refractivity contribution in [2.45, 2.75) is 45.2 Å². The first kappa shape index (κ1) is 11.2. The Morgan fingerprint density at radius 1 is 1.33 bits per heavy atom. The van der Waals surface area contributed by atoms with Gasteiger partial charge in [0.05, 0.1) is 0 Å². The lowest BCUT2D eigenvalue weighted by Crippen LogP contribution is -2.52. The van der Waals surface area contributed by atoms with Crippen LogP contribution < -0.4 is 16.8 Å². The maximum atomic E-state index is 10.6. The van der Waals surface area contributed by atoms with Crippen molar-refractivity contribution in [1.29, 1.82) is 0 Å². The molecule has 0 aliphatic heterocycles. The van der Waals surface area contributed by atoms with Gasteiger partial charge in [-0.3, -0.25) is 0 Å². The predicted octanol–water partition coefficient (Wildman–Crippen LogP) is 0.561. The highest BCUT2D eigenvalue weighted by molar-refractivity contribution is 5.72. The van der Waals surface area contributed by atoms with E-state index in [1.807, 2.05) is 27.7 Å². The standard InChI is InChI=1S/C8H19N3O/c1-7(2,10)5-8(3,4)11-6(9)12/h5,10H2,1-4H3,(H3,9,11,12). The minimum Gasteiger partial charge on any atom is -0.352 e. The summed E-state index contributed by atoms with van der Waals surface area (Å²) in [5.41, 5.74) is 10.2. The van der Waals surface area contributed by atoms with Crippen LogP contribution in [0.2, 0.25) is 0 Å². The summed E-state index contributed by atoms with van der Waals surface area (Å²) in [6.45, 7) is 7.62. The van der Waals surface area contributed by atoms with E-state index < -0.39 is 6.03 Å². The van der Waals surface area contributed by atoms with Gasteiger partial charge in [0.25, 0.3) is 0 Å². The van der Waals surface area contributed by atoms with Crippen LogP contribution in [0.15, 0.2) is 0 Å². The third-order valence-corrected chi connectivity index (χ3v) is 1.36. The van der Waals surface area contributed by atoms with Crippen molar-refractivity contribution in [3.8, 4) is 0 Å². The Balaban J connectivity index is 4.13. The molecule has 0 aliphatic carbocycles. The van der Waals surface area contributed by atoms with Crippen LogP contribution >= 0.6 is 0 Å². The van der Waals surface area contributed by atoms with Crippen LogP contribution in [0.5, 0.6) is 0 Å². The normalized spacial score (nSPS) is 12.8. The fraction of sp³-hybridized carbons (Fsp3) is 0.875. The van der Waals surface area contributed by atoms with E-state index in [4.69, 9.17) is 11.5 Å². The number of carbonyl (C=O) groups excluding carboxylic acids is 1. The Bertz CT molecular complexity index is 170. The fourth-order valence-corrected chi connectivity index (χ4v) is 1.52. The highest BCUT2D eigenvalue weighted by Crippen LogP contribution is 2.16. The van der Waals surface area contributed by atoms with E-state index in [1.54, 1.807) is 0 Å². The molecule has 0 heterocycles. The number of carbonyl (C=O) groups is 1. The average Bonchev–Trinajstić information content (AvgIpc) is 1.48. The van der Waals surface area contributed by atoms with Crippen molar-refractivity contribution in [2.24, 2.45) is 11.5 Å². The van der Waals surface area contributed by atoms with Gasteiger partial charge in [0.1, 0.15) is 0 Å². The van der Waals surface area contributed by atoms with Crippen molar-refractivity contribution >= 4 is 6.03 Å². The van der Waals surface area contributed by atoms with E-state index in [-0.39, 0.29) is 11.1 Å². The predicted molar refractivity (Wildman–Crippen MR) is 49.7 cm³/mol. The summed E-state index contributed by atoms with van der Waals surface area (Å²) in [6, 6.07) is -0.510. The molecule has 2 amide bonds. The van der Waals surface area contributed by atoms with Gasteiger partial charge >= 0.3 is 6.03 Å². The van der Waals surface area contributed by atoms with Gasteiger partial charge in [-0.25, -0.2) is 4.79 Å². The summed E-state index contributed by atoms with van der Waals surface area (Å²) in [6.07, 6.45) is 0.683.